The third-order valence-corrected chi connectivity index (χ3v) is 6.30. The number of benzene rings is 1. The molecule has 0 radical (unpaired) electrons. The summed E-state index contributed by atoms with van der Waals surface area (Å²) >= 11 is 0. The van der Waals surface area contributed by atoms with Gasteiger partial charge in [-0.3, -0.25) is 4.79 Å². The monoisotopic (exact) mass is 363 g/mol. The second-order valence-corrected chi connectivity index (χ2v) is 8.16. The van der Waals surface area contributed by atoms with Crippen LogP contribution >= 0.6 is 0 Å². The molecule has 4 nitrogen and oxygen atoms in total. The van der Waals surface area contributed by atoms with Crippen molar-refractivity contribution in [3.63, 3.8) is 0 Å². The minimum atomic E-state index is 0.121. The molecule has 1 aromatic carbocycles. The fraction of sp³-hybridized carbons (Fsp3) is 0.478. The van der Waals surface area contributed by atoms with Crippen LogP contribution in [0.15, 0.2) is 42.6 Å². The Morgan fingerprint density at radius 1 is 1.07 bits per heavy atom. The van der Waals surface area contributed by atoms with Crippen molar-refractivity contribution in [2.24, 2.45) is 5.92 Å². The summed E-state index contributed by atoms with van der Waals surface area (Å²) in [4.78, 5) is 21.6. The fourth-order valence-corrected chi connectivity index (χ4v) is 4.31. The van der Waals surface area contributed by atoms with E-state index in [1.807, 2.05) is 17.0 Å². The largest absolute Gasteiger partial charge is 0.356 e. The van der Waals surface area contributed by atoms with Gasteiger partial charge >= 0.3 is 0 Å². The number of likely N-dealkylation sites (tertiary alicyclic amines) is 1. The van der Waals surface area contributed by atoms with E-state index in [1.165, 1.54) is 11.1 Å². The van der Waals surface area contributed by atoms with Gasteiger partial charge in [-0.15, -0.1) is 0 Å². The Kier molecular flexibility index (Phi) is 5.15. The van der Waals surface area contributed by atoms with Crippen molar-refractivity contribution in [1.82, 2.24) is 9.88 Å². The molecule has 1 saturated heterocycles. The molecule has 1 atom stereocenters. The van der Waals surface area contributed by atoms with Gasteiger partial charge in [0.2, 0.25) is 0 Å². The van der Waals surface area contributed by atoms with Crippen molar-refractivity contribution in [2.75, 3.05) is 25.0 Å². The predicted octanol–water partition coefficient (Wildman–Crippen LogP) is 3.95. The Labute approximate surface area is 162 Å². The van der Waals surface area contributed by atoms with E-state index in [4.69, 9.17) is 0 Å². The summed E-state index contributed by atoms with van der Waals surface area (Å²) in [6, 6.07) is 13.1. The molecule has 142 valence electrons. The molecule has 1 aliphatic carbocycles. The zero-order chi connectivity index (χ0) is 18.8. The van der Waals surface area contributed by atoms with Gasteiger partial charge in [0, 0.05) is 32.4 Å². The Morgan fingerprint density at radius 2 is 1.81 bits per heavy atom. The lowest BCUT2D eigenvalue weighted by molar-refractivity contribution is 0.0697. The Morgan fingerprint density at radius 3 is 2.52 bits per heavy atom. The summed E-state index contributed by atoms with van der Waals surface area (Å²) < 4.78 is 0. The number of amides is 1. The van der Waals surface area contributed by atoms with Gasteiger partial charge in [0.15, 0.2) is 0 Å². The minimum Gasteiger partial charge on any atom is -0.356 e. The van der Waals surface area contributed by atoms with Crippen molar-refractivity contribution in [3.8, 4) is 0 Å². The number of carbonyl (C=O) groups is 1. The smallest absolute Gasteiger partial charge is 0.255 e. The number of aryl methyl sites for hydroxylation is 1. The second kappa shape index (κ2) is 7.71. The van der Waals surface area contributed by atoms with Crippen LogP contribution in [-0.2, 0) is 12.8 Å². The lowest BCUT2D eigenvalue weighted by Crippen LogP contribution is -2.38. The summed E-state index contributed by atoms with van der Waals surface area (Å²) in [6.45, 7) is 3.99. The average molecular weight is 364 g/mol. The lowest BCUT2D eigenvalue weighted by atomic mass is 9.87. The third-order valence-electron chi connectivity index (χ3n) is 6.30. The van der Waals surface area contributed by atoms with Crippen LogP contribution < -0.4 is 4.90 Å². The molecular formula is C23H29N3O. The van der Waals surface area contributed by atoms with Crippen LogP contribution in [0.5, 0.6) is 0 Å². The Balaban J connectivity index is 1.42. The number of fused-ring (bicyclic) bond motifs is 1. The molecule has 4 heteroatoms. The summed E-state index contributed by atoms with van der Waals surface area (Å²) in [7, 11) is 2.12. The maximum atomic E-state index is 12.7. The number of aromatic nitrogens is 1. The first-order valence-corrected chi connectivity index (χ1v) is 10.2. The molecule has 0 N–H and O–H groups in total. The van der Waals surface area contributed by atoms with E-state index in [-0.39, 0.29) is 5.91 Å². The van der Waals surface area contributed by atoms with E-state index < -0.39 is 0 Å². The molecule has 1 aromatic heterocycles. The predicted molar refractivity (Wildman–Crippen MR) is 109 cm³/mol. The van der Waals surface area contributed by atoms with Gasteiger partial charge < -0.3 is 9.80 Å². The number of hydrogen-bond donors (Lipinski definition) is 0. The molecule has 1 aliphatic heterocycles. The van der Waals surface area contributed by atoms with Gasteiger partial charge in [0.25, 0.3) is 5.91 Å². The Bertz CT molecular complexity index is 794. The topological polar surface area (TPSA) is 36.4 Å². The number of pyridine rings is 1. The van der Waals surface area contributed by atoms with Crippen molar-refractivity contribution in [1.29, 1.82) is 0 Å². The van der Waals surface area contributed by atoms with Gasteiger partial charge in [-0.1, -0.05) is 31.2 Å². The van der Waals surface area contributed by atoms with E-state index in [0.29, 0.717) is 11.6 Å². The highest BCUT2D eigenvalue weighted by atomic mass is 16.2. The van der Waals surface area contributed by atoms with Gasteiger partial charge in [0.05, 0.1) is 5.56 Å². The highest BCUT2D eigenvalue weighted by Crippen LogP contribution is 2.26. The number of rotatable bonds is 3. The van der Waals surface area contributed by atoms with E-state index in [0.717, 1.165) is 56.9 Å². The number of hydrogen-bond acceptors (Lipinski definition) is 3. The molecule has 0 bridgehead atoms. The number of likely N-dealkylation sites (N-methyl/N-ethyl adjacent to an activating group) is 1. The summed E-state index contributed by atoms with van der Waals surface area (Å²) in [5, 5.41) is 0. The molecular weight excluding hydrogens is 334 g/mol. The molecule has 1 unspecified atom stereocenters. The van der Waals surface area contributed by atoms with Crippen LogP contribution in [-0.4, -0.2) is 42.0 Å². The van der Waals surface area contributed by atoms with Crippen LogP contribution in [0.25, 0.3) is 0 Å². The standard InChI is InChI=1S/C23H29N3O/c1-17-11-13-26(14-12-17)23(27)20-8-10-22(24-16-20)25(2)21-9-7-18-5-3-4-6-19(18)15-21/h3-6,8,10,16-17,21H,7,9,11-15H2,1-2H3. The summed E-state index contributed by atoms with van der Waals surface area (Å²) in [5.41, 5.74) is 3.63. The number of anilines is 1. The van der Waals surface area contributed by atoms with E-state index in [9.17, 15) is 4.79 Å². The number of carbonyl (C=O) groups excluding carboxylic acids is 1. The maximum absolute atomic E-state index is 12.7. The molecule has 27 heavy (non-hydrogen) atoms. The highest BCUT2D eigenvalue weighted by molar-refractivity contribution is 5.94. The summed E-state index contributed by atoms with van der Waals surface area (Å²) in [6.07, 6.45) is 7.27. The van der Waals surface area contributed by atoms with Crippen LogP contribution in [0.4, 0.5) is 5.82 Å². The molecule has 0 saturated carbocycles. The SMILES string of the molecule is CC1CCN(C(=O)c2ccc(N(C)C3CCc4ccccc4C3)nc2)CC1. The van der Waals surface area contributed by atoms with Gasteiger partial charge in [-0.2, -0.15) is 0 Å². The molecule has 2 aromatic rings. The minimum absolute atomic E-state index is 0.121. The fourth-order valence-electron chi connectivity index (χ4n) is 4.31. The average Bonchev–Trinajstić information content (AvgIpc) is 2.73. The molecule has 1 fully saturated rings. The van der Waals surface area contributed by atoms with Crippen molar-refractivity contribution in [3.05, 3.63) is 59.3 Å². The number of nitrogens with zero attached hydrogens (tertiary/aromatic N) is 3. The van der Waals surface area contributed by atoms with Crippen LogP contribution in [0.3, 0.4) is 0 Å². The van der Waals surface area contributed by atoms with Crippen molar-refractivity contribution < 1.29 is 4.79 Å². The zero-order valence-electron chi connectivity index (χ0n) is 16.4. The molecule has 0 spiro atoms. The van der Waals surface area contributed by atoms with E-state index in [1.54, 1.807) is 6.20 Å². The van der Waals surface area contributed by atoms with Gasteiger partial charge in [-0.05, 0) is 61.3 Å². The second-order valence-electron chi connectivity index (χ2n) is 8.16. The third kappa shape index (κ3) is 3.85. The lowest BCUT2D eigenvalue weighted by Gasteiger charge is -2.33. The maximum Gasteiger partial charge on any atom is 0.255 e. The first kappa shape index (κ1) is 18.0. The summed E-state index contributed by atoms with van der Waals surface area (Å²) in [5.74, 6) is 1.79. The van der Waals surface area contributed by atoms with Crippen LogP contribution in [0.1, 0.15) is 47.7 Å². The molecule has 4 rings (SSSR count). The number of piperidine rings is 1. The van der Waals surface area contributed by atoms with Crippen LogP contribution in [0.2, 0.25) is 0 Å². The molecule has 2 aliphatic rings. The highest BCUT2D eigenvalue weighted by Gasteiger charge is 2.24. The van der Waals surface area contributed by atoms with Gasteiger partial charge in [0.1, 0.15) is 5.82 Å². The van der Waals surface area contributed by atoms with E-state index in [2.05, 4.69) is 48.1 Å². The quantitative estimate of drug-likeness (QED) is 0.828. The zero-order valence-corrected chi connectivity index (χ0v) is 16.4. The molecule has 2 heterocycles. The first-order chi connectivity index (χ1) is 13.1. The van der Waals surface area contributed by atoms with E-state index >= 15 is 0 Å². The Hall–Kier alpha value is -2.36. The van der Waals surface area contributed by atoms with Crippen molar-refractivity contribution >= 4 is 11.7 Å². The normalized spacial score (nSPS) is 20.2. The van der Waals surface area contributed by atoms with Crippen LogP contribution in [0, 0.1) is 5.92 Å². The van der Waals surface area contributed by atoms with Crippen molar-refractivity contribution in [2.45, 2.75) is 45.1 Å². The first-order valence-electron chi connectivity index (χ1n) is 10.2. The van der Waals surface area contributed by atoms with Gasteiger partial charge in [-0.25, -0.2) is 4.98 Å². The molecule has 1 amide bonds.